The summed E-state index contributed by atoms with van der Waals surface area (Å²) in [6.45, 7) is 11.8. The van der Waals surface area contributed by atoms with Crippen LogP contribution < -0.4 is 28.7 Å². The summed E-state index contributed by atoms with van der Waals surface area (Å²) in [5.41, 5.74) is 10.5. The summed E-state index contributed by atoms with van der Waals surface area (Å²) in [4.78, 5) is 0. The van der Waals surface area contributed by atoms with Crippen molar-refractivity contribution in [1.82, 2.24) is 0 Å². The monoisotopic (exact) mass is 536 g/mol. The molecule has 0 N–H and O–H groups in total. The Balaban J connectivity index is 0.00000171. The summed E-state index contributed by atoms with van der Waals surface area (Å²) in [5.74, 6) is 1.10. The van der Waals surface area contributed by atoms with E-state index in [0.717, 1.165) is 12.8 Å². The van der Waals surface area contributed by atoms with Crippen molar-refractivity contribution in [2.45, 2.75) is 59.3 Å². The Hall–Kier alpha value is -1.70. The van der Waals surface area contributed by atoms with Gasteiger partial charge in [0, 0.05) is 0 Å². The van der Waals surface area contributed by atoms with Crippen LogP contribution in [0, 0.1) is 0 Å². The number of halogens is 2. The third-order valence-corrected chi connectivity index (χ3v) is 12.3. The van der Waals surface area contributed by atoms with Gasteiger partial charge in [-0.1, -0.05) is 0 Å². The van der Waals surface area contributed by atoms with Crippen LogP contribution in [-0.2, 0) is 23.8 Å². The van der Waals surface area contributed by atoms with Gasteiger partial charge in [-0.15, -0.1) is 0 Å². The zero-order chi connectivity index (χ0) is 23.1. The fraction of sp³-hybridized carbons (Fsp3) is 0.281. The molecular weight excluding hydrogens is 503 g/mol. The molecule has 0 heterocycles. The van der Waals surface area contributed by atoms with Gasteiger partial charge in [-0.2, -0.15) is 0 Å². The van der Waals surface area contributed by atoms with Crippen LogP contribution in [0.2, 0.25) is 0 Å². The Labute approximate surface area is 229 Å². The summed E-state index contributed by atoms with van der Waals surface area (Å²) >= 11 is -1.93. The molecule has 0 aromatic heterocycles. The Morgan fingerprint density at radius 3 is 2.17 bits per heavy atom. The Morgan fingerprint density at radius 2 is 1.54 bits per heavy atom. The number of rotatable bonds is 5. The van der Waals surface area contributed by atoms with Gasteiger partial charge >= 0.3 is 206 Å². The topological polar surface area (TPSA) is 0 Å². The Kier molecular flexibility index (Phi) is 9.22. The molecule has 5 rings (SSSR count). The molecule has 0 unspecified atom stereocenters. The molecule has 35 heavy (non-hydrogen) atoms. The van der Waals surface area contributed by atoms with Gasteiger partial charge in [0.2, 0.25) is 0 Å². The first-order chi connectivity index (χ1) is 16.0. The van der Waals surface area contributed by atoms with Crippen molar-refractivity contribution in [2.24, 2.45) is 0 Å². The predicted octanol–water partition coefficient (Wildman–Crippen LogP) is 1.84. The molecule has 3 aromatic carbocycles. The predicted molar refractivity (Wildman–Crippen MR) is 141 cm³/mol. The Morgan fingerprint density at radius 1 is 0.829 bits per heavy atom. The SMILES string of the molecule is C/[C](c1ccccc1)=[Ti+2](\[C]1=CC=CC1)[c]1c(C(C)C)ccc2c1Cc1cc(C(C)C)ccc1-2.[Cl-].[Cl-]. The van der Waals surface area contributed by atoms with Crippen LogP contribution in [0.5, 0.6) is 0 Å². The van der Waals surface area contributed by atoms with Crippen molar-refractivity contribution in [3.63, 3.8) is 0 Å². The van der Waals surface area contributed by atoms with E-state index in [9.17, 15) is 0 Å². The maximum absolute atomic E-state index is 2.47. The van der Waals surface area contributed by atoms with Crippen LogP contribution in [0.3, 0.4) is 0 Å². The number of hydrogen-bond donors (Lipinski definition) is 0. The summed E-state index contributed by atoms with van der Waals surface area (Å²) < 4.78 is 5.03. The fourth-order valence-corrected chi connectivity index (χ4v) is 10.8. The van der Waals surface area contributed by atoms with Gasteiger partial charge in [0.25, 0.3) is 0 Å². The molecule has 2 aliphatic carbocycles. The van der Waals surface area contributed by atoms with E-state index in [4.69, 9.17) is 0 Å². The van der Waals surface area contributed by atoms with E-state index in [2.05, 4.69) is 114 Å². The number of hydrogen-bond acceptors (Lipinski definition) is 0. The van der Waals surface area contributed by atoms with Crippen molar-refractivity contribution in [3.05, 3.63) is 111 Å². The first kappa shape index (κ1) is 27.9. The Bertz CT molecular complexity index is 1310. The molecule has 0 radical (unpaired) electrons. The molecule has 0 nitrogen and oxygen atoms in total. The third-order valence-electron chi connectivity index (χ3n) is 7.34. The van der Waals surface area contributed by atoms with Crippen molar-refractivity contribution in [3.8, 4) is 11.1 Å². The molecule has 0 fully saturated rings. The third kappa shape index (κ3) is 5.23. The van der Waals surface area contributed by atoms with Gasteiger partial charge in [0.05, 0.1) is 0 Å². The second kappa shape index (κ2) is 11.6. The molecule has 180 valence electrons. The average Bonchev–Trinajstić information content (AvgIpc) is 3.47. The first-order valence-electron chi connectivity index (χ1n) is 12.4. The first-order valence-corrected chi connectivity index (χ1v) is 14.7. The molecule has 3 aromatic rings. The van der Waals surface area contributed by atoms with E-state index in [1.165, 1.54) is 27.8 Å². The normalized spacial score (nSPS) is 13.7. The molecule has 0 bridgehead atoms. The maximum atomic E-state index is 2.47. The largest absolute Gasteiger partial charge is 1.00 e. The molecule has 0 amide bonds. The molecule has 0 spiro atoms. The van der Waals surface area contributed by atoms with E-state index in [0.29, 0.717) is 11.8 Å². The van der Waals surface area contributed by atoms with E-state index in [-0.39, 0.29) is 24.8 Å². The summed E-state index contributed by atoms with van der Waals surface area (Å²) in [6.07, 6.45) is 9.26. The van der Waals surface area contributed by atoms with E-state index in [1.807, 2.05) is 0 Å². The van der Waals surface area contributed by atoms with Gasteiger partial charge in [-0.25, -0.2) is 0 Å². The van der Waals surface area contributed by atoms with Crippen molar-refractivity contribution in [2.75, 3.05) is 0 Å². The van der Waals surface area contributed by atoms with Gasteiger partial charge in [0.1, 0.15) is 0 Å². The molecule has 0 saturated carbocycles. The summed E-state index contributed by atoms with van der Waals surface area (Å²) in [7, 11) is 0. The van der Waals surface area contributed by atoms with Crippen LogP contribution in [0.25, 0.3) is 11.1 Å². The molecule has 0 aliphatic heterocycles. The molecule has 0 saturated heterocycles. The quantitative estimate of drug-likeness (QED) is 0.341. The average molecular weight is 537 g/mol. The van der Waals surface area contributed by atoms with Gasteiger partial charge in [-0.05, 0) is 0 Å². The molecular formula is C32H34Cl2Ti. The molecule has 0 atom stereocenters. The van der Waals surface area contributed by atoms with Gasteiger partial charge in [-0.3, -0.25) is 0 Å². The van der Waals surface area contributed by atoms with Gasteiger partial charge in [0.15, 0.2) is 0 Å². The van der Waals surface area contributed by atoms with Crippen LogP contribution in [-0.4, -0.2) is 3.81 Å². The minimum Gasteiger partial charge on any atom is -1.00 e. The van der Waals surface area contributed by atoms with Crippen LogP contribution in [0.15, 0.2) is 82.8 Å². The number of fused-ring (bicyclic) bond motifs is 3. The smallest absolute Gasteiger partial charge is 1.00 e. The number of allylic oxidation sites excluding steroid dienone is 4. The summed E-state index contributed by atoms with van der Waals surface area (Å²) in [5, 5.41) is 0. The van der Waals surface area contributed by atoms with Crippen molar-refractivity contribution < 1.29 is 42.2 Å². The second-order valence-electron chi connectivity index (χ2n) is 10.1. The second-order valence-corrected chi connectivity index (χ2v) is 14.3. The molecule has 2 aliphatic rings. The van der Waals surface area contributed by atoms with Crippen molar-refractivity contribution in [1.29, 1.82) is 0 Å². The van der Waals surface area contributed by atoms with Gasteiger partial charge < -0.3 is 24.8 Å². The van der Waals surface area contributed by atoms with Crippen molar-refractivity contribution >= 4 is 7.68 Å². The number of benzene rings is 3. The zero-order valence-corrected chi connectivity index (χ0v) is 24.4. The standard InChI is InChI=1S/C19H21.C8H8.C5H5.2ClH.Ti/c1-12(2)14-5-7-18-16(9-14)11-17-10-15(13(3)4)6-8-19(17)18;1-2-8-6-4-3-5-7-8;1-2-4-5-3-1;;;/h5-9,12-13H,11H2,1-4H3;3-7H,1H3;1-3H,4H2;2*1H;/q;;;;;+2/p-2. The van der Waals surface area contributed by atoms with E-state index >= 15 is 0 Å². The zero-order valence-electron chi connectivity index (χ0n) is 21.3. The van der Waals surface area contributed by atoms with E-state index < -0.39 is 17.4 Å². The maximum Gasteiger partial charge on any atom is -1.00 e. The molecule has 3 heteroatoms. The fourth-order valence-electron chi connectivity index (χ4n) is 5.50. The minimum atomic E-state index is -1.93. The van der Waals surface area contributed by atoms with E-state index in [1.54, 1.807) is 22.7 Å². The summed E-state index contributed by atoms with van der Waals surface area (Å²) in [6, 6.07) is 23.2. The minimum absolute atomic E-state index is 0. The van der Waals surface area contributed by atoms with Crippen LogP contribution in [0.4, 0.5) is 0 Å². The van der Waals surface area contributed by atoms with Crippen LogP contribution in [0.1, 0.15) is 80.7 Å². The van der Waals surface area contributed by atoms with Crippen LogP contribution >= 0.6 is 0 Å².